The van der Waals surface area contributed by atoms with Gasteiger partial charge in [-0.3, -0.25) is 0 Å². The van der Waals surface area contributed by atoms with Crippen molar-refractivity contribution in [1.82, 2.24) is 19.4 Å². The number of piperidine rings is 1. The second-order valence-corrected chi connectivity index (χ2v) is 9.15. The molecule has 0 radical (unpaired) electrons. The van der Waals surface area contributed by atoms with Crippen LogP contribution in [0, 0.1) is 0 Å². The average Bonchev–Trinajstić information content (AvgIpc) is 3.42. The van der Waals surface area contributed by atoms with Gasteiger partial charge in [-0.25, -0.2) is 13.4 Å². The first-order valence-electron chi connectivity index (χ1n) is 9.45. The van der Waals surface area contributed by atoms with E-state index < -0.39 is 10.0 Å². The molecule has 1 saturated heterocycles. The second kappa shape index (κ2) is 7.55. The van der Waals surface area contributed by atoms with Crippen molar-refractivity contribution in [2.24, 2.45) is 0 Å². The zero-order valence-corrected chi connectivity index (χ0v) is 16.2. The Balaban J connectivity index is 1.38. The van der Waals surface area contributed by atoms with Crippen molar-refractivity contribution in [2.45, 2.75) is 56.8 Å². The van der Waals surface area contributed by atoms with Crippen LogP contribution < -0.4 is 4.74 Å². The molecule has 0 amide bonds. The van der Waals surface area contributed by atoms with E-state index in [0.717, 1.165) is 37.7 Å². The van der Waals surface area contributed by atoms with Gasteiger partial charge in [0.15, 0.2) is 5.82 Å². The number of rotatable bonds is 7. The fraction of sp³-hybridized carbons (Fsp3) is 0.611. The maximum atomic E-state index is 12.8. The van der Waals surface area contributed by atoms with Crippen molar-refractivity contribution >= 4 is 10.0 Å². The van der Waals surface area contributed by atoms with Crippen LogP contribution in [-0.4, -0.2) is 47.0 Å². The third-order valence-electron chi connectivity index (χ3n) is 4.95. The van der Waals surface area contributed by atoms with Gasteiger partial charge in [-0.15, -0.1) is 0 Å². The number of aromatic nitrogens is 3. The quantitative estimate of drug-likeness (QED) is 0.713. The Morgan fingerprint density at radius 3 is 2.85 bits per heavy atom. The lowest BCUT2D eigenvalue weighted by Gasteiger charge is -2.31. The van der Waals surface area contributed by atoms with E-state index in [4.69, 9.17) is 9.26 Å². The summed E-state index contributed by atoms with van der Waals surface area (Å²) < 4.78 is 38.1. The molecule has 2 aromatic rings. The minimum atomic E-state index is -3.52. The zero-order chi connectivity index (χ0) is 18.9. The first-order chi connectivity index (χ1) is 13.0. The molecule has 3 heterocycles. The van der Waals surface area contributed by atoms with Gasteiger partial charge in [0.1, 0.15) is 11.9 Å². The van der Waals surface area contributed by atoms with Gasteiger partial charge in [-0.2, -0.15) is 9.29 Å². The molecular formula is C18H24N4O4S. The van der Waals surface area contributed by atoms with Gasteiger partial charge in [0.2, 0.25) is 21.8 Å². The van der Waals surface area contributed by atoms with Crippen molar-refractivity contribution in [3.8, 4) is 5.88 Å². The molecule has 2 aliphatic rings. The molecule has 0 spiro atoms. The van der Waals surface area contributed by atoms with E-state index in [-0.39, 0.29) is 17.7 Å². The summed E-state index contributed by atoms with van der Waals surface area (Å²) >= 11 is 0. The maximum absolute atomic E-state index is 12.8. The van der Waals surface area contributed by atoms with Crippen LogP contribution in [0.25, 0.3) is 0 Å². The van der Waals surface area contributed by atoms with Crippen molar-refractivity contribution in [1.29, 1.82) is 0 Å². The minimum absolute atomic E-state index is 0.208. The molecule has 1 aliphatic heterocycles. The number of sulfonamides is 1. The molecule has 9 heteroatoms. The smallest absolute Gasteiger partial charge is 0.229 e. The predicted octanol–water partition coefficient (Wildman–Crippen LogP) is 2.28. The molecule has 2 aromatic heterocycles. The number of nitrogens with zero attached hydrogens (tertiary/aromatic N) is 4. The van der Waals surface area contributed by atoms with E-state index in [1.165, 1.54) is 4.31 Å². The molecule has 1 atom stereocenters. The molecule has 1 aliphatic carbocycles. The summed E-state index contributed by atoms with van der Waals surface area (Å²) in [5, 5.41) is 3.83. The molecule has 146 valence electrons. The molecular weight excluding hydrogens is 368 g/mol. The van der Waals surface area contributed by atoms with Crippen molar-refractivity contribution in [3.05, 3.63) is 35.6 Å². The lowest BCUT2D eigenvalue weighted by molar-refractivity contribution is 0.124. The molecule has 0 bridgehead atoms. The van der Waals surface area contributed by atoms with E-state index in [9.17, 15) is 8.42 Å². The van der Waals surface area contributed by atoms with E-state index in [2.05, 4.69) is 22.0 Å². The van der Waals surface area contributed by atoms with Crippen molar-refractivity contribution < 1.29 is 17.7 Å². The molecule has 8 nitrogen and oxygen atoms in total. The first-order valence-corrected chi connectivity index (χ1v) is 11.1. The van der Waals surface area contributed by atoms with Gasteiger partial charge in [-0.05, 0) is 37.7 Å². The van der Waals surface area contributed by atoms with Gasteiger partial charge in [-0.1, -0.05) is 18.1 Å². The predicted molar refractivity (Wildman–Crippen MR) is 97.7 cm³/mol. The number of hydrogen-bond donors (Lipinski definition) is 0. The number of hydrogen-bond acceptors (Lipinski definition) is 7. The summed E-state index contributed by atoms with van der Waals surface area (Å²) in [5.41, 5.74) is 1.14. The fourth-order valence-electron chi connectivity index (χ4n) is 3.19. The summed E-state index contributed by atoms with van der Waals surface area (Å²) in [6.07, 6.45) is 6.12. The molecule has 2 fully saturated rings. The molecule has 4 rings (SSSR count). The van der Waals surface area contributed by atoms with E-state index in [1.807, 2.05) is 12.1 Å². The molecule has 0 N–H and O–H groups in total. The van der Waals surface area contributed by atoms with Crippen LogP contribution in [0.5, 0.6) is 5.88 Å². The van der Waals surface area contributed by atoms with Crippen LogP contribution in [0.3, 0.4) is 0 Å². The Labute approximate surface area is 159 Å². The number of ether oxygens (including phenoxy) is 1. The average molecular weight is 392 g/mol. The molecule has 27 heavy (non-hydrogen) atoms. The summed E-state index contributed by atoms with van der Waals surface area (Å²) in [6, 6.07) is 3.82. The normalized spacial score (nSPS) is 21.3. The maximum Gasteiger partial charge on any atom is 0.229 e. The van der Waals surface area contributed by atoms with Gasteiger partial charge in [0.05, 0.1) is 6.54 Å². The zero-order valence-electron chi connectivity index (χ0n) is 15.4. The highest BCUT2D eigenvalue weighted by Gasteiger charge is 2.33. The third kappa shape index (κ3) is 4.47. The van der Waals surface area contributed by atoms with Crippen LogP contribution in [0.2, 0.25) is 0 Å². The number of pyridine rings is 1. The van der Waals surface area contributed by atoms with Gasteiger partial charge in [0.25, 0.3) is 0 Å². The van der Waals surface area contributed by atoms with Crippen molar-refractivity contribution in [3.63, 3.8) is 0 Å². The van der Waals surface area contributed by atoms with Gasteiger partial charge < -0.3 is 9.26 Å². The molecule has 1 saturated carbocycles. The minimum Gasteiger partial charge on any atom is -0.473 e. The van der Waals surface area contributed by atoms with Crippen LogP contribution in [-0.2, 0) is 22.2 Å². The summed E-state index contributed by atoms with van der Waals surface area (Å²) in [4.78, 5) is 8.53. The molecule has 0 aromatic carbocycles. The van der Waals surface area contributed by atoms with Crippen LogP contribution in [0.1, 0.15) is 55.8 Å². The standard InChI is InChI=1S/C18H24N4O4S/c1-2-13-5-8-17(19-10-13)25-15-4-3-9-22(11-15)27(23,24)12-16-20-18(26-21-16)14-6-7-14/h5,8,10,14-15H,2-4,6-7,9,11-12H2,1H3. The van der Waals surface area contributed by atoms with Gasteiger partial charge in [0, 0.05) is 24.7 Å². The monoisotopic (exact) mass is 392 g/mol. The third-order valence-corrected chi connectivity index (χ3v) is 6.69. The lowest BCUT2D eigenvalue weighted by atomic mass is 10.1. The highest BCUT2D eigenvalue weighted by Crippen LogP contribution is 2.38. The SMILES string of the molecule is CCc1ccc(OC2CCCN(S(=O)(=O)Cc3noc(C4CC4)n3)C2)nc1. The first kappa shape index (κ1) is 18.4. The summed E-state index contributed by atoms with van der Waals surface area (Å²) in [5.74, 6) is 1.40. The van der Waals surface area contributed by atoms with Crippen LogP contribution in [0.15, 0.2) is 22.9 Å². The summed E-state index contributed by atoms with van der Waals surface area (Å²) in [6.45, 7) is 2.86. The Bertz CT molecular complexity index is 877. The highest BCUT2D eigenvalue weighted by atomic mass is 32.2. The highest BCUT2D eigenvalue weighted by molar-refractivity contribution is 7.88. The van der Waals surface area contributed by atoms with E-state index in [1.54, 1.807) is 6.20 Å². The fourth-order valence-corrected chi connectivity index (χ4v) is 4.62. The van der Waals surface area contributed by atoms with Crippen molar-refractivity contribution in [2.75, 3.05) is 13.1 Å². The lowest BCUT2D eigenvalue weighted by Crippen LogP contribution is -2.44. The van der Waals surface area contributed by atoms with E-state index in [0.29, 0.717) is 30.8 Å². The Morgan fingerprint density at radius 1 is 1.30 bits per heavy atom. The Morgan fingerprint density at radius 2 is 2.15 bits per heavy atom. The topological polar surface area (TPSA) is 98.4 Å². The van der Waals surface area contributed by atoms with E-state index >= 15 is 0 Å². The summed E-state index contributed by atoms with van der Waals surface area (Å²) in [7, 11) is -3.52. The second-order valence-electron chi connectivity index (χ2n) is 7.18. The van der Waals surface area contributed by atoms with Crippen LogP contribution >= 0.6 is 0 Å². The largest absolute Gasteiger partial charge is 0.473 e. The number of aryl methyl sites for hydroxylation is 1. The molecule has 1 unspecified atom stereocenters. The van der Waals surface area contributed by atoms with Crippen LogP contribution in [0.4, 0.5) is 0 Å². The Hall–Kier alpha value is -2.00. The van der Waals surface area contributed by atoms with Gasteiger partial charge >= 0.3 is 0 Å². The Kier molecular flexibility index (Phi) is 5.14.